The van der Waals surface area contributed by atoms with Crippen LogP contribution in [0.15, 0.2) is 6.07 Å². The number of likely N-dealkylation sites (tertiary alicyclic amines) is 1. The molecule has 2 heterocycles. The number of thiophene rings is 1. The first-order chi connectivity index (χ1) is 12.1. The summed E-state index contributed by atoms with van der Waals surface area (Å²) >= 11 is 1.53. The molecule has 0 aromatic carbocycles. The van der Waals surface area contributed by atoms with Gasteiger partial charge in [-0.1, -0.05) is 12.8 Å². The fourth-order valence-corrected chi connectivity index (χ4v) is 4.53. The van der Waals surface area contributed by atoms with Crippen LogP contribution in [0.2, 0.25) is 0 Å². The maximum absolute atomic E-state index is 12.3. The van der Waals surface area contributed by atoms with Gasteiger partial charge in [0, 0.05) is 17.8 Å². The summed E-state index contributed by atoms with van der Waals surface area (Å²) in [5.41, 5.74) is 6.18. The number of amides is 3. The van der Waals surface area contributed by atoms with Crippen LogP contribution in [0.3, 0.4) is 0 Å². The average molecular weight is 363 g/mol. The van der Waals surface area contributed by atoms with Gasteiger partial charge in [-0.25, -0.2) is 0 Å². The van der Waals surface area contributed by atoms with E-state index >= 15 is 0 Å². The Morgan fingerprint density at radius 1 is 1.00 bits per heavy atom. The molecular formula is C18H25N3O3S. The molecule has 0 unspecified atom stereocenters. The molecule has 136 valence electrons. The molecule has 25 heavy (non-hydrogen) atoms. The lowest BCUT2D eigenvalue weighted by Crippen LogP contribution is -2.48. The summed E-state index contributed by atoms with van der Waals surface area (Å²) in [7, 11) is 0. The van der Waals surface area contributed by atoms with Crippen LogP contribution >= 0.6 is 11.3 Å². The Morgan fingerprint density at radius 2 is 1.76 bits per heavy atom. The lowest BCUT2D eigenvalue weighted by molar-refractivity contribution is -0.138. The van der Waals surface area contributed by atoms with Gasteiger partial charge in [-0.05, 0) is 50.2 Å². The molecule has 1 aliphatic carbocycles. The monoisotopic (exact) mass is 363 g/mol. The van der Waals surface area contributed by atoms with Crippen molar-refractivity contribution >= 4 is 29.1 Å². The van der Waals surface area contributed by atoms with Crippen LogP contribution in [-0.2, 0) is 22.4 Å². The van der Waals surface area contributed by atoms with E-state index in [1.165, 1.54) is 47.5 Å². The Balaban J connectivity index is 1.51. The lowest BCUT2D eigenvalue weighted by Gasteiger charge is -2.25. The fraction of sp³-hybridized carbons (Fsp3) is 0.611. The van der Waals surface area contributed by atoms with Crippen molar-refractivity contribution in [2.75, 3.05) is 13.1 Å². The Morgan fingerprint density at radius 3 is 2.56 bits per heavy atom. The van der Waals surface area contributed by atoms with Crippen molar-refractivity contribution in [2.45, 2.75) is 57.8 Å². The number of carbonyl (C=O) groups is 3. The molecule has 0 saturated carbocycles. The van der Waals surface area contributed by atoms with Gasteiger partial charge < -0.3 is 4.90 Å². The number of fused-ring (bicyclic) bond motifs is 1. The van der Waals surface area contributed by atoms with E-state index in [9.17, 15) is 14.4 Å². The van der Waals surface area contributed by atoms with E-state index in [1.54, 1.807) is 4.90 Å². The summed E-state index contributed by atoms with van der Waals surface area (Å²) < 4.78 is 0. The maximum atomic E-state index is 12.3. The van der Waals surface area contributed by atoms with Crippen LogP contribution in [0, 0.1) is 0 Å². The van der Waals surface area contributed by atoms with Crippen molar-refractivity contribution in [3.8, 4) is 0 Å². The smallest absolute Gasteiger partial charge is 0.279 e. The second-order valence-corrected chi connectivity index (χ2v) is 7.88. The molecule has 1 aromatic heterocycles. The normalized spacial score (nSPS) is 18.1. The van der Waals surface area contributed by atoms with E-state index in [4.69, 9.17) is 0 Å². The van der Waals surface area contributed by atoms with Crippen molar-refractivity contribution in [3.63, 3.8) is 0 Å². The van der Waals surface area contributed by atoms with Crippen LogP contribution < -0.4 is 10.9 Å². The van der Waals surface area contributed by atoms with Gasteiger partial charge in [-0.2, -0.15) is 0 Å². The van der Waals surface area contributed by atoms with Gasteiger partial charge in [-0.3, -0.25) is 25.2 Å². The molecule has 0 atom stereocenters. The molecule has 0 radical (unpaired) electrons. The molecule has 1 saturated heterocycles. The molecule has 1 aromatic rings. The van der Waals surface area contributed by atoms with E-state index in [2.05, 4.69) is 10.9 Å². The zero-order valence-electron chi connectivity index (χ0n) is 14.4. The number of hydrogen-bond acceptors (Lipinski definition) is 4. The minimum absolute atomic E-state index is 0.0000534. The van der Waals surface area contributed by atoms with Gasteiger partial charge >= 0.3 is 0 Å². The first-order valence-corrected chi connectivity index (χ1v) is 9.93. The number of hydrazine groups is 1. The third-order valence-corrected chi connectivity index (χ3v) is 6.03. The fourth-order valence-electron chi connectivity index (χ4n) is 3.39. The molecule has 1 fully saturated rings. The predicted molar refractivity (Wildman–Crippen MR) is 96.2 cm³/mol. The van der Waals surface area contributed by atoms with Crippen LogP contribution in [0.5, 0.6) is 0 Å². The van der Waals surface area contributed by atoms with Gasteiger partial charge in [0.15, 0.2) is 0 Å². The molecule has 6 nitrogen and oxygen atoms in total. The van der Waals surface area contributed by atoms with Crippen LogP contribution in [-0.4, -0.2) is 35.7 Å². The number of nitrogens with zero attached hydrogens (tertiary/aromatic N) is 1. The summed E-state index contributed by atoms with van der Waals surface area (Å²) in [5.74, 6) is -0.639. The van der Waals surface area contributed by atoms with E-state index in [-0.39, 0.29) is 24.3 Å². The summed E-state index contributed by atoms with van der Waals surface area (Å²) in [4.78, 5) is 39.5. The average Bonchev–Trinajstić information content (AvgIpc) is 2.97. The topological polar surface area (TPSA) is 78.5 Å². The quantitative estimate of drug-likeness (QED) is 0.808. The second-order valence-electron chi connectivity index (χ2n) is 6.75. The molecule has 3 amide bonds. The molecule has 2 aliphatic rings. The molecule has 0 bridgehead atoms. The summed E-state index contributed by atoms with van der Waals surface area (Å²) in [6.07, 6.45) is 9.23. The zero-order chi connectivity index (χ0) is 17.6. The predicted octanol–water partition coefficient (Wildman–Crippen LogP) is 2.18. The minimum Gasteiger partial charge on any atom is -0.333 e. The van der Waals surface area contributed by atoms with Crippen LogP contribution in [0.4, 0.5) is 0 Å². The van der Waals surface area contributed by atoms with E-state index in [0.717, 1.165) is 25.7 Å². The van der Waals surface area contributed by atoms with Crippen LogP contribution in [0.25, 0.3) is 0 Å². The number of nitrogens with one attached hydrogen (secondary N) is 2. The Labute approximate surface area is 151 Å². The largest absolute Gasteiger partial charge is 0.333 e. The summed E-state index contributed by atoms with van der Waals surface area (Å²) in [5, 5.41) is 0. The Bertz CT molecular complexity index is 630. The molecule has 2 N–H and O–H groups in total. The van der Waals surface area contributed by atoms with Gasteiger partial charge in [-0.15, -0.1) is 11.3 Å². The summed E-state index contributed by atoms with van der Waals surface area (Å²) in [6.45, 7) is 0.609. The number of rotatable bonds is 3. The molecule has 3 rings (SSSR count). The minimum atomic E-state index is -0.362. The highest BCUT2D eigenvalue weighted by Crippen LogP contribution is 2.28. The number of piperidine rings is 1. The summed E-state index contributed by atoms with van der Waals surface area (Å²) in [6, 6.07) is 1.96. The van der Waals surface area contributed by atoms with Gasteiger partial charge in [0.25, 0.3) is 11.8 Å². The lowest BCUT2D eigenvalue weighted by atomic mass is 10.00. The highest BCUT2D eigenvalue weighted by molar-refractivity contribution is 7.14. The highest BCUT2D eigenvalue weighted by atomic mass is 32.1. The van der Waals surface area contributed by atoms with Crippen molar-refractivity contribution in [1.29, 1.82) is 0 Å². The second kappa shape index (κ2) is 8.47. The van der Waals surface area contributed by atoms with Crippen molar-refractivity contribution < 1.29 is 14.4 Å². The third-order valence-electron chi connectivity index (χ3n) is 4.79. The van der Waals surface area contributed by atoms with Crippen LogP contribution in [0.1, 0.15) is 65.1 Å². The van der Waals surface area contributed by atoms with Gasteiger partial charge in [0.2, 0.25) is 5.91 Å². The molecule has 7 heteroatoms. The van der Waals surface area contributed by atoms with Crippen molar-refractivity contribution in [3.05, 3.63) is 21.4 Å². The molecular weight excluding hydrogens is 338 g/mol. The van der Waals surface area contributed by atoms with E-state index in [0.29, 0.717) is 17.8 Å². The first kappa shape index (κ1) is 17.9. The maximum Gasteiger partial charge on any atom is 0.279 e. The number of aryl methyl sites for hydroxylation is 2. The highest BCUT2D eigenvalue weighted by Gasteiger charge is 2.21. The number of hydrogen-bond donors (Lipinski definition) is 2. The number of carbonyl (C=O) groups excluding carboxylic acids is 3. The van der Waals surface area contributed by atoms with Crippen molar-refractivity contribution in [2.24, 2.45) is 0 Å². The van der Waals surface area contributed by atoms with Crippen molar-refractivity contribution in [1.82, 2.24) is 15.8 Å². The molecule has 0 spiro atoms. The first-order valence-electron chi connectivity index (χ1n) is 9.12. The van der Waals surface area contributed by atoms with Gasteiger partial charge in [0.1, 0.15) is 6.54 Å². The zero-order valence-corrected chi connectivity index (χ0v) is 15.3. The van der Waals surface area contributed by atoms with E-state index < -0.39 is 0 Å². The van der Waals surface area contributed by atoms with Gasteiger partial charge in [0.05, 0.1) is 4.88 Å². The third kappa shape index (κ3) is 4.81. The van der Waals surface area contributed by atoms with E-state index in [1.807, 2.05) is 6.07 Å². The Hall–Kier alpha value is -1.89. The standard InChI is InChI=1S/C18H25N3O3S/c22-16(12-21-10-6-5-9-17(21)23)19-20-18(24)15-11-13-7-3-1-2-4-8-14(13)25-15/h11H,1-10,12H2,(H,19,22)(H,20,24). The molecule has 1 aliphatic heterocycles. The Kier molecular flexibility index (Phi) is 6.07. The SMILES string of the molecule is O=C(CN1CCCCC1=O)NNC(=O)c1cc2c(s1)CCCCCC2.